The van der Waals surface area contributed by atoms with E-state index in [-0.39, 0.29) is 48.8 Å². The van der Waals surface area contributed by atoms with Gasteiger partial charge in [0.1, 0.15) is 22.8 Å². The molecule has 3 N–H and O–H groups in total. The monoisotopic (exact) mass is 734 g/mol. The summed E-state index contributed by atoms with van der Waals surface area (Å²) in [5, 5.41) is 20.0. The van der Waals surface area contributed by atoms with E-state index in [0.717, 1.165) is 24.3 Å². The van der Waals surface area contributed by atoms with Crippen LogP contribution in [0.5, 0.6) is 0 Å². The third-order valence-corrected chi connectivity index (χ3v) is 11.3. The molecule has 1 saturated heterocycles. The third kappa shape index (κ3) is 10.5. The molecule has 50 heavy (non-hydrogen) atoms. The summed E-state index contributed by atoms with van der Waals surface area (Å²) in [4.78, 5) is 77.1. The van der Waals surface area contributed by atoms with Gasteiger partial charge in [-0.2, -0.15) is 0 Å². The molecule has 16 heteroatoms. The predicted molar refractivity (Wildman–Crippen MR) is 188 cm³/mol. The standard InChI is InChI=1S/C34H50N6O8S2/c1-19(2)25(40(6)33(44)29(22-8-7-9-22)38-31(43)26-17-47-12-11-39(26)5)16-27(48-21(4)41)32-37-24(18-50-32)30(42)36-23(14-20(3)34(45)46)15-28-35-10-13-49-28/h10,13,18-20,22-23,25-27,29H,7-9,11-12,14-17H2,1-6H3,(H,36,42)(H,38,43)(H,45,46)/t20-,23+,25+,26+,27+,29-/m0/s1. The molecule has 6 atom stereocenters. The highest BCUT2D eigenvalue weighted by atomic mass is 32.1. The highest BCUT2D eigenvalue weighted by molar-refractivity contribution is 7.10. The number of likely N-dealkylation sites (N-methyl/N-ethyl adjacent to an activating group) is 2. The van der Waals surface area contributed by atoms with Crippen LogP contribution in [0.15, 0.2) is 17.0 Å². The molecule has 1 aliphatic carbocycles. The molecular formula is C34H50N6O8S2. The van der Waals surface area contributed by atoms with Crippen LogP contribution in [-0.2, 0) is 35.1 Å². The van der Waals surface area contributed by atoms with Gasteiger partial charge in [-0.25, -0.2) is 9.97 Å². The number of hydrogen-bond donors (Lipinski definition) is 3. The van der Waals surface area contributed by atoms with Gasteiger partial charge in [0.05, 0.1) is 24.1 Å². The van der Waals surface area contributed by atoms with Gasteiger partial charge in [-0.05, 0) is 38.1 Å². The first-order valence-electron chi connectivity index (χ1n) is 17.1. The van der Waals surface area contributed by atoms with Crippen molar-refractivity contribution in [2.45, 2.75) is 96.5 Å². The maximum absolute atomic E-state index is 14.1. The Kier molecular flexibility index (Phi) is 14.3. The van der Waals surface area contributed by atoms with Gasteiger partial charge >= 0.3 is 11.9 Å². The number of carboxylic acid groups (broad SMARTS) is 1. The Bertz CT molecular complexity index is 1470. The lowest BCUT2D eigenvalue weighted by Crippen LogP contribution is -2.60. The van der Waals surface area contributed by atoms with E-state index in [0.29, 0.717) is 24.6 Å². The first kappa shape index (κ1) is 39.3. The van der Waals surface area contributed by atoms with Crippen LogP contribution in [0.2, 0.25) is 0 Å². The predicted octanol–water partition coefficient (Wildman–Crippen LogP) is 3.14. The van der Waals surface area contributed by atoms with Crippen molar-refractivity contribution in [1.82, 2.24) is 30.4 Å². The number of ether oxygens (including phenoxy) is 2. The van der Waals surface area contributed by atoms with Crippen LogP contribution in [0.4, 0.5) is 0 Å². The van der Waals surface area contributed by atoms with E-state index in [2.05, 4.69) is 20.6 Å². The van der Waals surface area contributed by atoms with E-state index in [1.54, 1.807) is 30.4 Å². The number of carbonyl (C=O) groups excluding carboxylic acids is 4. The summed E-state index contributed by atoms with van der Waals surface area (Å²) in [5.74, 6) is -3.12. The molecular weight excluding hydrogens is 685 g/mol. The van der Waals surface area contributed by atoms with E-state index in [9.17, 15) is 29.1 Å². The molecule has 0 radical (unpaired) electrons. The SMILES string of the molecule is CC(=O)O[C@H](C[C@H](C(C)C)N(C)C(=O)[C@@H](NC(=O)[C@H]1COCCN1C)C1CCC1)c1nc(C(=O)N[C@@H](Cc2nccs2)C[C@H](C)C(=O)O)cs1. The van der Waals surface area contributed by atoms with Crippen LogP contribution < -0.4 is 10.6 Å². The number of morpholine rings is 1. The number of aliphatic carboxylic acids is 1. The molecule has 1 aliphatic heterocycles. The number of amides is 3. The fourth-order valence-electron chi connectivity index (χ4n) is 6.33. The van der Waals surface area contributed by atoms with Crippen LogP contribution in [0.1, 0.15) is 86.4 Å². The number of nitrogens with zero attached hydrogens (tertiary/aromatic N) is 4. The zero-order valence-electron chi connectivity index (χ0n) is 29.6. The Morgan fingerprint density at radius 3 is 2.46 bits per heavy atom. The highest BCUT2D eigenvalue weighted by Crippen LogP contribution is 2.34. The molecule has 3 amide bonds. The van der Waals surface area contributed by atoms with Gasteiger partial charge in [-0.1, -0.05) is 27.2 Å². The van der Waals surface area contributed by atoms with E-state index in [1.165, 1.54) is 29.6 Å². The molecule has 276 valence electrons. The number of rotatable bonds is 17. The van der Waals surface area contributed by atoms with E-state index < -0.39 is 54.0 Å². The van der Waals surface area contributed by atoms with Crippen molar-refractivity contribution < 1.29 is 38.6 Å². The summed E-state index contributed by atoms with van der Waals surface area (Å²) < 4.78 is 11.3. The van der Waals surface area contributed by atoms with Crippen LogP contribution in [0, 0.1) is 17.8 Å². The topological polar surface area (TPSA) is 180 Å². The van der Waals surface area contributed by atoms with Gasteiger partial charge in [0.2, 0.25) is 11.8 Å². The molecule has 0 spiro atoms. The average Bonchev–Trinajstić information content (AvgIpc) is 3.74. The summed E-state index contributed by atoms with van der Waals surface area (Å²) in [6.45, 7) is 8.30. The molecule has 0 aromatic carbocycles. The number of aromatic nitrogens is 2. The van der Waals surface area contributed by atoms with Crippen molar-refractivity contribution in [2.24, 2.45) is 17.8 Å². The van der Waals surface area contributed by atoms with E-state index in [4.69, 9.17) is 9.47 Å². The lowest BCUT2D eigenvalue weighted by molar-refractivity contribution is -0.149. The summed E-state index contributed by atoms with van der Waals surface area (Å²) in [5.41, 5.74) is 0.115. The van der Waals surface area contributed by atoms with Crippen molar-refractivity contribution in [3.8, 4) is 0 Å². The Morgan fingerprint density at radius 2 is 1.88 bits per heavy atom. The van der Waals surface area contributed by atoms with E-state index in [1.807, 2.05) is 31.2 Å². The third-order valence-electron chi connectivity index (χ3n) is 9.59. The quantitative estimate of drug-likeness (QED) is 0.203. The molecule has 4 rings (SSSR count). The summed E-state index contributed by atoms with van der Waals surface area (Å²) in [7, 11) is 3.59. The van der Waals surface area contributed by atoms with Gasteiger partial charge in [-0.15, -0.1) is 22.7 Å². The Morgan fingerprint density at radius 1 is 1.14 bits per heavy atom. The molecule has 0 bridgehead atoms. The number of carboxylic acids is 1. The average molecular weight is 735 g/mol. The van der Waals surface area contributed by atoms with Crippen molar-refractivity contribution in [3.63, 3.8) is 0 Å². The second-order valence-electron chi connectivity index (χ2n) is 13.7. The molecule has 2 fully saturated rings. The fourth-order valence-corrected chi connectivity index (χ4v) is 7.87. The summed E-state index contributed by atoms with van der Waals surface area (Å²) in [6.07, 6.45) is 4.29. The lowest BCUT2D eigenvalue weighted by Gasteiger charge is -2.41. The number of thiazole rings is 2. The summed E-state index contributed by atoms with van der Waals surface area (Å²) in [6, 6.07) is -2.05. The zero-order chi connectivity index (χ0) is 36.5. The normalized spacial score (nSPS) is 19.8. The Hall–Kier alpha value is -3.47. The van der Waals surface area contributed by atoms with Crippen molar-refractivity contribution in [3.05, 3.63) is 32.7 Å². The minimum absolute atomic E-state index is 0.0266. The van der Waals surface area contributed by atoms with Crippen molar-refractivity contribution >= 4 is 52.3 Å². The van der Waals surface area contributed by atoms with Crippen LogP contribution >= 0.6 is 22.7 Å². The highest BCUT2D eigenvalue weighted by Gasteiger charge is 2.40. The lowest BCUT2D eigenvalue weighted by atomic mass is 9.78. The Balaban J connectivity index is 1.49. The van der Waals surface area contributed by atoms with Gasteiger partial charge in [0.25, 0.3) is 5.91 Å². The van der Waals surface area contributed by atoms with Gasteiger partial charge in [-0.3, -0.25) is 28.9 Å². The van der Waals surface area contributed by atoms with Crippen molar-refractivity contribution in [1.29, 1.82) is 0 Å². The fraction of sp³-hybridized carbons (Fsp3) is 0.676. The van der Waals surface area contributed by atoms with E-state index >= 15 is 0 Å². The molecule has 0 unspecified atom stereocenters. The minimum atomic E-state index is -0.959. The number of carbonyl (C=O) groups is 5. The largest absolute Gasteiger partial charge is 0.481 e. The molecule has 2 aromatic heterocycles. The second-order valence-corrected chi connectivity index (χ2v) is 15.6. The molecule has 3 heterocycles. The van der Waals surface area contributed by atoms with Crippen LogP contribution in [0.25, 0.3) is 0 Å². The molecule has 2 aromatic rings. The van der Waals surface area contributed by atoms with Gasteiger partial charge in [0, 0.05) is 62.4 Å². The first-order valence-corrected chi connectivity index (χ1v) is 18.9. The number of esters is 1. The van der Waals surface area contributed by atoms with Crippen molar-refractivity contribution in [2.75, 3.05) is 33.9 Å². The second kappa shape index (κ2) is 18.1. The molecule has 1 saturated carbocycles. The number of hydrogen-bond acceptors (Lipinski definition) is 12. The molecule has 14 nitrogen and oxygen atoms in total. The smallest absolute Gasteiger partial charge is 0.306 e. The maximum Gasteiger partial charge on any atom is 0.306 e. The minimum Gasteiger partial charge on any atom is -0.481 e. The molecule has 2 aliphatic rings. The summed E-state index contributed by atoms with van der Waals surface area (Å²) >= 11 is 2.60. The first-order chi connectivity index (χ1) is 23.7. The van der Waals surface area contributed by atoms with Gasteiger partial charge < -0.3 is 30.1 Å². The number of nitrogens with one attached hydrogen (secondary N) is 2. The van der Waals surface area contributed by atoms with Crippen LogP contribution in [0.3, 0.4) is 0 Å². The van der Waals surface area contributed by atoms with Gasteiger partial charge in [0.15, 0.2) is 6.10 Å². The Labute approximate surface area is 301 Å². The van der Waals surface area contributed by atoms with Crippen LogP contribution in [-0.4, -0.2) is 113 Å². The zero-order valence-corrected chi connectivity index (χ0v) is 31.3. The maximum atomic E-state index is 14.1.